The van der Waals surface area contributed by atoms with Crippen molar-refractivity contribution in [3.05, 3.63) is 72.1 Å². The number of rotatable bonds is 6. The van der Waals surface area contributed by atoms with Crippen LogP contribution in [0.15, 0.2) is 71.0 Å². The van der Waals surface area contributed by atoms with Crippen molar-refractivity contribution in [3.63, 3.8) is 0 Å². The Hall–Kier alpha value is -3.26. The van der Waals surface area contributed by atoms with E-state index in [0.29, 0.717) is 17.8 Å². The van der Waals surface area contributed by atoms with Crippen LogP contribution < -0.4 is 16.4 Å². The number of hydrogen-bond acceptors (Lipinski definition) is 4. The normalized spacial score (nSPS) is 10.4. The molecule has 3 amide bonds. The maximum Gasteiger partial charge on any atom is 0.312 e. The number of nitrogens with one attached hydrogen (secondary N) is 2. The summed E-state index contributed by atoms with van der Waals surface area (Å²) < 4.78 is 1.95. The molecule has 0 aliphatic carbocycles. The second-order valence-corrected chi connectivity index (χ2v) is 6.86. The van der Waals surface area contributed by atoms with Crippen molar-refractivity contribution in [2.45, 2.75) is 16.6 Å². The Balaban J connectivity index is 1.59. The summed E-state index contributed by atoms with van der Waals surface area (Å²) in [6.07, 6.45) is 3.65. The summed E-state index contributed by atoms with van der Waals surface area (Å²) in [6.45, 7) is 0.326. The van der Waals surface area contributed by atoms with E-state index in [1.807, 2.05) is 42.1 Å². The largest absolute Gasteiger partial charge is 0.352 e. The van der Waals surface area contributed by atoms with Crippen LogP contribution in [0.5, 0.6) is 0 Å². The molecule has 3 rings (SSSR count). The maximum atomic E-state index is 12.4. The molecule has 0 aliphatic rings. The van der Waals surface area contributed by atoms with Crippen molar-refractivity contribution in [2.75, 3.05) is 5.32 Å². The number of nitrogens with zero attached hydrogens (tertiary/aromatic N) is 2. The third-order valence-corrected chi connectivity index (χ3v) is 4.87. The SMILES string of the molecule is Cn1ccnc1Sc1ccc(NC(=O)c2ccc(CNC(N)=O)cc2)cc1. The van der Waals surface area contributed by atoms with Gasteiger partial charge in [-0.3, -0.25) is 4.79 Å². The molecule has 1 aromatic heterocycles. The summed E-state index contributed by atoms with van der Waals surface area (Å²) >= 11 is 1.55. The van der Waals surface area contributed by atoms with Crippen LogP contribution in [-0.4, -0.2) is 21.5 Å². The lowest BCUT2D eigenvalue weighted by Crippen LogP contribution is -2.28. The number of amides is 3. The topological polar surface area (TPSA) is 102 Å². The first-order valence-corrected chi connectivity index (χ1v) is 9.02. The van der Waals surface area contributed by atoms with Gasteiger partial charge in [-0.25, -0.2) is 9.78 Å². The van der Waals surface area contributed by atoms with Gasteiger partial charge in [-0.1, -0.05) is 23.9 Å². The van der Waals surface area contributed by atoms with Crippen LogP contribution in [0.1, 0.15) is 15.9 Å². The predicted octanol–water partition coefficient (Wildman–Crippen LogP) is 2.99. The molecule has 0 unspecified atom stereocenters. The van der Waals surface area contributed by atoms with Crippen molar-refractivity contribution >= 4 is 29.4 Å². The summed E-state index contributed by atoms with van der Waals surface area (Å²) in [5.74, 6) is -0.200. The van der Waals surface area contributed by atoms with Crippen molar-refractivity contribution in [1.29, 1.82) is 0 Å². The summed E-state index contributed by atoms with van der Waals surface area (Å²) in [5.41, 5.74) is 7.15. The van der Waals surface area contributed by atoms with Crippen molar-refractivity contribution in [1.82, 2.24) is 14.9 Å². The number of anilines is 1. The Labute approximate surface area is 161 Å². The van der Waals surface area contributed by atoms with Crippen LogP contribution in [-0.2, 0) is 13.6 Å². The molecule has 8 heteroatoms. The summed E-state index contributed by atoms with van der Waals surface area (Å²) in [4.78, 5) is 28.4. The van der Waals surface area contributed by atoms with Gasteiger partial charge in [0.1, 0.15) is 0 Å². The molecular weight excluding hydrogens is 362 g/mol. The minimum Gasteiger partial charge on any atom is -0.352 e. The fourth-order valence-electron chi connectivity index (χ4n) is 2.33. The number of benzene rings is 2. The van der Waals surface area contributed by atoms with E-state index < -0.39 is 6.03 Å². The summed E-state index contributed by atoms with van der Waals surface area (Å²) in [6, 6.07) is 14.0. The van der Waals surface area contributed by atoms with Crippen LogP contribution in [0.3, 0.4) is 0 Å². The number of primary amides is 1. The minimum atomic E-state index is -0.582. The Kier molecular flexibility index (Phi) is 5.77. The van der Waals surface area contributed by atoms with Crippen molar-refractivity contribution in [2.24, 2.45) is 12.8 Å². The highest BCUT2D eigenvalue weighted by Gasteiger charge is 2.07. The van der Waals surface area contributed by atoms with Gasteiger partial charge < -0.3 is 20.9 Å². The van der Waals surface area contributed by atoms with Gasteiger partial charge >= 0.3 is 6.03 Å². The first-order chi connectivity index (χ1) is 13.0. The fraction of sp³-hybridized carbons (Fsp3) is 0.105. The maximum absolute atomic E-state index is 12.4. The third kappa shape index (κ3) is 5.11. The zero-order valence-corrected chi connectivity index (χ0v) is 15.5. The molecule has 0 aliphatic heterocycles. The molecule has 0 saturated carbocycles. The number of aryl methyl sites for hydroxylation is 1. The van der Waals surface area contributed by atoms with Gasteiger partial charge in [-0.2, -0.15) is 0 Å². The lowest BCUT2D eigenvalue weighted by molar-refractivity contribution is 0.102. The van der Waals surface area contributed by atoms with Gasteiger partial charge in [-0.05, 0) is 42.0 Å². The minimum absolute atomic E-state index is 0.200. The van der Waals surface area contributed by atoms with Gasteiger partial charge in [-0.15, -0.1) is 0 Å². The van der Waals surface area contributed by atoms with Crippen molar-refractivity contribution in [3.8, 4) is 0 Å². The molecule has 0 saturated heterocycles. The van der Waals surface area contributed by atoms with E-state index in [0.717, 1.165) is 15.6 Å². The van der Waals surface area contributed by atoms with Crippen LogP contribution >= 0.6 is 11.8 Å². The molecule has 0 spiro atoms. The van der Waals surface area contributed by atoms with Crippen LogP contribution in [0.2, 0.25) is 0 Å². The Morgan fingerprint density at radius 2 is 1.81 bits per heavy atom. The number of carbonyl (C=O) groups excluding carboxylic acids is 2. The molecule has 4 N–H and O–H groups in total. The van der Waals surface area contributed by atoms with E-state index in [1.54, 1.807) is 42.2 Å². The summed E-state index contributed by atoms with van der Waals surface area (Å²) in [7, 11) is 1.94. The van der Waals surface area contributed by atoms with E-state index >= 15 is 0 Å². The van der Waals surface area contributed by atoms with Crippen LogP contribution in [0.4, 0.5) is 10.5 Å². The number of aromatic nitrogens is 2. The lowest BCUT2D eigenvalue weighted by atomic mass is 10.1. The molecule has 0 fully saturated rings. The number of urea groups is 1. The molecule has 2 aromatic carbocycles. The van der Waals surface area contributed by atoms with E-state index in [2.05, 4.69) is 15.6 Å². The lowest BCUT2D eigenvalue weighted by Gasteiger charge is -2.08. The monoisotopic (exact) mass is 381 g/mol. The average molecular weight is 381 g/mol. The van der Waals surface area contributed by atoms with Crippen molar-refractivity contribution < 1.29 is 9.59 Å². The first kappa shape index (κ1) is 18.5. The fourth-order valence-corrected chi connectivity index (χ4v) is 3.13. The highest BCUT2D eigenvalue weighted by molar-refractivity contribution is 7.99. The number of nitrogens with two attached hydrogens (primary N) is 1. The Morgan fingerprint density at radius 1 is 1.11 bits per heavy atom. The molecular formula is C19H19N5O2S. The zero-order chi connectivity index (χ0) is 19.2. The molecule has 138 valence electrons. The molecule has 1 heterocycles. The molecule has 0 radical (unpaired) electrons. The first-order valence-electron chi connectivity index (χ1n) is 8.20. The van der Waals surface area contributed by atoms with Gasteiger partial charge in [0.25, 0.3) is 5.91 Å². The smallest absolute Gasteiger partial charge is 0.312 e. The highest BCUT2D eigenvalue weighted by atomic mass is 32.2. The van der Waals surface area contributed by atoms with E-state index in [4.69, 9.17) is 5.73 Å². The van der Waals surface area contributed by atoms with E-state index in [1.165, 1.54) is 0 Å². The quantitative estimate of drug-likeness (QED) is 0.611. The highest BCUT2D eigenvalue weighted by Crippen LogP contribution is 2.26. The number of hydrogen-bond donors (Lipinski definition) is 3. The number of carbonyl (C=O) groups is 2. The van der Waals surface area contributed by atoms with Gasteiger partial charge in [0.2, 0.25) is 0 Å². The average Bonchev–Trinajstić information content (AvgIpc) is 3.06. The third-order valence-electron chi connectivity index (χ3n) is 3.78. The van der Waals surface area contributed by atoms with Gasteiger partial charge in [0, 0.05) is 42.1 Å². The van der Waals surface area contributed by atoms with Gasteiger partial charge in [0.05, 0.1) is 0 Å². The Morgan fingerprint density at radius 3 is 2.41 bits per heavy atom. The molecule has 3 aromatic rings. The molecule has 0 bridgehead atoms. The van der Waals surface area contributed by atoms with Crippen LogP contribution in [0.25, 0.3) is 0 Å². The second-order valence-electron chi connectivity index (χ2n) is 5.82. The molecule has 7 nitrogen and oxygen atoms in total. The predicted molar refractivity (Wildman–Crippen MR) is 105 cm³/mol. The van der Waals surface area contributed by atoms with Crippen LogP contribution in [0, 0.1) is 0 Å². The molecule has 27 heavy (non-hydrogen) atoms. The van der Waals surface area contributed by atoms with E-state index in [9.17, 15) is 9.59 Å². The summed E-state index contributed by atoms with van der Waals surface area (Å²) in [5, 5.41) is 6.27. The second kappa shape index (κ2) is 8.41. The standard InChI is InChI=1S/C19H19N5O2S/c1-24-11-10-21-19(24)27-16-8-6-15(7-9-16)23-17(25)14-4-2-13(3-5-14)12-22-18(20)26/h2-11H,12H2,1H3,(H,23,25)(H3,20,22,26). The Bertz CT molecular complexity index is 935. The van der Waals surface area contributed by atoms with Gasteiger partial charge in [0.15, 0.2) is 5.16 Å². The molecule has 0 atom stereocenters. The number of imidazole rings is 1. The van der Waals surface area contributed by atoms with E-state index in [-0.39, 0.29) is 5.91 Å². The zero-order valence-electron chi connectivity index (χ0n) is 14.7.